The highest BCUT2D eigenvalue weighted by molar-refractivity contribution is 5.93. The van der Waals surface area contributed by atoms with Gasteiger partial charge in [0.05, 0.1) is 0 Å². The van der Waals surface area contributed by atoms with Crippen LogP contribution in [0.2, 0.25) is 0 Å². The van der Waals surface area contributed by atoms with Gasteiger partial charge in [0.2, 0.25) is 5.91 Å². The van der Waals surface area contributed by atoms with Crippen molar-refractivity contribution in [3.8, 4) is 0 Å². The number of aromatic nitrogens is 1. The number of nitrogens with two attached hydrogens (primary N) is 1. The first-order chi connectivity index (χ1) is 7.66. The Morgan fingerprint density at radius 3 is 3.00 bits per heavy atom. The van der Waals surface area contributed by atoms with Crippen molar-refractivity contribution in [1.82, 2.24) is 4.98 Å². The van der Waals surface area contributed by atoms with Gasteiger partial charge in [0.25, 0.3) is 0 Å². The lowest BCUT2D eigenvalue weighted by Gasteiger charge is -2.12. The monoisotopic (exact) mass is 219 g/mol. The first kappa shape index (κ1) is 11.1. The second-order valence-corrected chi connectivity index (χ2v) is 4.45. The zero-order chi connectivity index (χ0) is 11.5. The van der Waals surface area contributed by atoms with Crippen molar-refractivity contribution in [1.29, 1.82) is 0 Å². The van der Waals surface area contributed by atoms with Crippen LogP contribution in [0.3, 0.4) is 0 Å². The summed E-state index contributed by atoms with van der Waals surface area (Å²) in [6, 6.07) is 2.01. The fourth-order valence-corrected chi connectivity index (χ4v) is 2.10. The van der Waals surface area contributed by atoms with Crippen molar-refractivity contribution in [3.63, 3.8) is 0 Å². The Morgan fingerprint density at radius 1 is 1.56 bits per heavy atom. The smallest absolute Gasteiger partial charge is 0.227 e. The van der Waals surface area contributed by atoms with Crippen LogP contribution in [0, 0.1) is 12.8 Å². The van der Waals surface area contributed by atoms with Crippen LogP contribution in [0.25, 0.3) is 0 Å². The summed E-state index contributed by atoms with van der Waals surface area (Å²) in [7, 11) is 0. The average molecular weight is 219 g/mol. The number of rotatable bonds is 2. The van der Waals surface area contributed by atoms with Gasteiger partial charge in [-0.1, -0.05) is 0 Å². The lowest BCUT2D eigenvalue weighted by molar-refractivity contribution is -0.119. The van der Waals surface area contributed by atoms with Gasteiger partial charge in [-0.3, -0.25) is 9.78 Å². The Bertz CT molecular complexity index is 392. The maximum atomic E-state index is 11.9. The Hall–Kier alpha value is -1.42. The molecule has 1 aromatic heterocycles. The molecular formula is C12H17N3O. The minimum absolute atomic E-state index is 0.0718. The highest BCUT2D eigenvalue weighted by atomic mass is 16.1. The lowest BCUT2D eigenvalue weighted by Crippen LogP contribution is -2.23. The predicted molar refractivity (Wildman–Crippen MR) is 62.9 cm³/mol. The summed E-state index contributed by atoms with van der Waals surface area (Å²) in [4.78, 5) is 15.9. The van der Waals surface area contributed by atoms with Crippen LogP contribution in [-0.4, -0.2) is 16.9 Å². The Morgan fingerprint density at radius 2 is 2.38 bits per heavy atom. The van der Waals surface area contributed by atoms with Crippen molar-refractivity contribution in [2.45, 2.75) is 32.2 Å². The van der Waals surface area contributed by atoms with E-state index in [-0.39, 0.29) is 17.9 Å². The molecule has 0 aliphatic heterocycles. The zero-order valence-electron chi connectivity index (χ0n) is 9.44. The van der Waals surface area contributed by atoms with Crippen molar-refractivity contribution in [2.75, 3.05) is 5.32 Å². The Kier molecular flexibility index (Phi) is 3.19. The Balaban J connectivity index is 2.00. The lowest BCUT2D eigenvalue weighted by atomic mass is 10.1. The second-order valence-electron chi connectivity index (χ2n) is 4.45. The molecule has 2 unspecified atom stereocenters. The van der Waals surface area contributed by atoms with E-state index in [2.05, 4.69) is 10.3 Å². The van der Waals surface area contributed by atoms with E-state index >= 15 is 0 Å². The van der Waals surface area contributed by atoms with Gasteiger partial charge >= 0.3 is 0 Å². The molecule has 86 valence electrons. The van der Waals surface area contributed by atoms with Crippen molar-refractivity contribution in [3.05, 3.63) is 24.0 Å². The van der Waals surface area contributed by atoms with Crippen LogP contribution in [0.5, 0.6) is 0 Å². The van der Waals surface area contributed by atoms with Crippen LogP contribution in [-0.2, 0) is 4.79 Å². The van der Waals surface area contributed by atoms with Gasteiger partial charge in [-0.2, -0.15) is 0 Å². The van der Waals surface area contributed by atoms with E-state index in [0.29, 0.717) is 0 Å². The number of hydrogen-bond donors (Lipinski definition) is 2. The first-order valence-electron chi connectivity index (χ1n) is 5.64. The minimum Gasteiger partial charge on any atom is -0.328 e. The molecule has 1 aliphatic rings. The number of carbonyl (C=O) groups is 1. The summed E-state index contributed by atoms with van der Waals surface area (Å²) in [5, 5.41) is 2.94. The van der Waals surface area contributed by atoms with Gasteiger partial charge in [0.15, 0.2) is 0 Å². The molecule has 2 rings (SSSR count). The largest absolute Gasteiger partial charge is 0.328 e. The molecule has 2 atom stereocenters. The molecule has 0 radical (unpaired) electrons. The SMILES string of the molecule is Cc1cnccc1NC(=O)C1CCC(N)C1. The highest BCUT2D eigenvalue weighted by Crippen LogP contribution is 2.25. The Labute approximate surface area is 95.3 Å². The number of pyridine rings is 1. The summed E-state index contributed by atoms with van der Waals surface area (Å²) < 4.78 is 0. The molecule has 1 saturated carbocycles. The summed E-state index contributed by atoms with van der Waals surface area (Å²) >= 11 is 0. The van der Waals surface area contributed by atoms with Crippen molar-refractivity contribution < 1.29 is 4.79 Å². The minimum atomic E-state index is 0.0718. The fourth-order valence-electron chi connectivity index (χ4n) is 2.10. The standard InChI is InChI=1S/C12H17N3O/c1-8-7-14-5-4-11(8)15-12(16)9-2-3-10(13)6-9/h4-5,7,9-10H,2-3,6,13H2,1H3,(H,14,15,16). The fraction of sp³-hybridized carbons (Fsp3) is 0.500. The van der Waals surface area contributed by atoms with Crippen LogP contribution < -0.4 is 11.1 Å². The number of nitrogens with zero attached hydrogens (tertiary/aromatic N) is 1. The zero-order valence-corrected chi connectivity index (χ0v) is 9.44. The van der Waals surface area contributed by atoms with E-state index in [1.807, 2.05) is 13.0 Å². The van der Waals surface area contributed by atoms with Gasteiger partial charge < -0.3 is 11.1 Å². The second kappa shape index (κ2) is 4.61. The summed E-state index contributed by atoms with van der Waals surface area (Å²) in [6.07, 6.45) is 6.08. The van der Waals surface area contributed by atoms with Gasteiger partial charge in [0.1, 0.15) is 0 Å². The molecule has 4 nitrogen and oxygen atoms in total. The molecule has 4 heteroatoms. The van der Waals surface area contributed by atoms with Gasteiger partial charge in [-0.25, -0.2) is 0 Å². The van der Waals surface area contributed by atoms with Crippen molar-refractivity contribution >= 4 is 11.6 Å². The molecule has 0 bridgehead atoms. The summed E-state index contributed by atoms with van der Waals surface area (Å²) in [5.41, 5.74) is 7.63. The number of nitrogens with one attached hydrogen (secondary N) is 1. The number of hydrogen-bond acceptors (Lipinski definition) is 3. The third-order valence-electron chi connectivity index (χ3n) is 3.12. The number of aryl methyl sites for hydroxylation is 1. The van der Waals surface area contributed by atoms with E-state index in [9.17, 15) is 4.79 Å². The third-order valence-corrected chi connectivity index (χ3v) is 3.12. The van der Waals surface area contributed by atoms with Gasteiger partial charge in [-0.15, -0.1) is 0 Å². The molecule has 1 aromatic rings. The molecule has 1 heterocycles. The van der Waals surface area contributed by atoms with Crippen LogP contribution in [0.4, 0.5) is 5.69 Å². The maximum absolute atomic E-state index is 11.9. The first-order valence-corrected chi connectivity index (χ1v) is 5.64. The molecule has 16 heavy (non-hydrogen) atoms. The van der Waals surface area contributed by atoms with Crippen LogP contribution in [0.15, 0.2) is 18.5 Å². The van der Waals surface area contributed by atoms with E-state index in [1.54, 1.807) is 12.4 Å². The van der Waals surface area contributed by atoms with Gasteiger partial charge in [0, 0.05) is 30.0 Å². The van der Waals surface area contributed by atoms with E-state index in [0.717, 1.165) is 30.5 Å². The van der Waals surface area contributed by atoms with Crippen molar-refractivity contribution in [2.24, 2.45) is 11.7 Å². The average Bonchev–Trinajstić information content (AvgIpc) is 2.68. The molecule has 1 aliphatic carbocycles. The van der Waals surface area contributed by atoms with E-state index < -0.39 is 0 Å². The topological polar surface area (TPSA) is 68.0 Å². The number of anilines is 1. The molecule has 1 amide bonds. The quantitative estimate of drug-likeness (QED) is 0.791. The number of amides is 1. The molecule has 3 N–H and O–H groups in total. The summed E-state index contributed by atoms with van der Waals surface area (Å²) in [5.74, 6) is 0.157. The molecule has 0 aromatic carbocycles. The molecule has 0 spiro atoms. The van der Waals surface area contributed by atoms with Gasteiger partial charge in [-0.05, 0) is 37.8 Å². The summed E-state index contributed by atoms with van der Waals surface area (Å²) in [6.45, 7) is 1.93. The van der Waals surface area contributed by atoms with E-state index in [1.165, 1.54) is 0 Å². The predicted octanol–water partition coefficient (Wildman–Crippen LogP) is 1.46. The normalized spacial score (nSPS) is 24.4. The maximum Gasteiger partial charge on any atom is 0.227 e. The molecule has 0 saturated heterocycles. The highest BCUT2D eigenvalue weighted by Gasteiger charge is 2.27. The van der Waals surface area contributed by atoms with Crippen LogP contribution >= 0.6 is 0 Å². The number of carbonyl (C=O) groups excluding carboxylic acids is 1. The molecule has 1 fully saturated rings. The van der Waals surface area contributed by atoms with E-state index in [4.69, 9.17) is 5.73 Å². The third kappa shape index (κ3) is 2.39. The van der Waals surface area contributed by atoms with Crippen LogP contribution in [0.1, 0.15) is 24.8 Å². The molecular weight excluding hydrogens is 202 g/mol.